The molecule has 0 aliphatic carbocycles. The zero-order valence-corrected chi connectivity index (χ0v) is 8.86. The molecule has 6 heteroatoms. The fourth-order valence-corrected chi connectivity index (χ4v) is 2.14. The summed E-state index contributed by atoms with van der Waals surface area (Å²) in [6.45, 7) is 3.08. The summed E-state index contributed by atoms with van der Waals surface area (Å²) in [4.78, 5) is 0. The van der Waals surface area contributed by atoms with Crippen LogP contribution in [-0.2, 0) is 0 Å². The van der Waals surface area contributed by atoms with E-state index in [9.17, 15) is 0 Å². The average Bonchev–Trinajstić information content (AvgIpc) is 1.83. The topological polar surface area (TPSA) is 54.5 Å². The standard InChI is InChI=1S/C2H9I2N4/c1-2-8(6-3)7-4-5/h6-7H,2,5H2,1H3/q-1/p+1. The summed E-state index contributed by atoms with van der Waals surface area (Å²) in [7, 11) is 0. The summed E-state index contributed by atoms with van der Waals surface area (Å²) in [5, 5.41) is 1.13. The fourth-order valence-electron chi connectivity index (χ4n) is 0.217. The second-order valence-electron chi connectivity index (χ2n) is 1.13. The monoisotopic (exact) mass is 344 g/mol. The van der Waals surface area contributed by atoms with Crippen LogP contribution in [0, 0.1) is 0 Å². The van der Waals surface area contributed by atoms with Crippen molar-refractivity contribution >= 4 is 22.9 Å². The number of nitrogens with two attached hydrogens (primary N) is 1. The molecule has 0 rings (SSSR count). The number of hydrogen-bond donors (Lipinski definition) is 4. The molecule has 0 aromatic carbocycles. The van der Waals surface area contributed by atoms with Crippen LogP contribution in [0.15, 0.2) is 0 Å². The second-order valence-corrected chi connectivity index (χ2v) is 2.83. The van der Waals surface area contributed by atoms with Crippen LogP contribution in [0.3, 0.4) is 0 Å². The van der Waals surface area contributed by atoms with Gasteiger partial charge in [0.15, 0.2) is 0 Å². The Hall–Kier alpha value is 1.30. The van der Waals surface area contributed by atoms with Gasteiger partial charge in [-0.3, -0.25) is 0 Å². The number of quaternary nitrogens is 1. The van der Waals surface area contributed by atoms with E-state index in [-0.39, 0.29) is 21.8 Å². The third-order valence-electron chi connectivity index (χ3n) is 0.636. The molecule has 0 saturated carbocycles. The molecule has 0 aromatic rings. The third kappa shape index (κ3) is 4.21. The second kappa shape index (κ2) is 6.42. The maximum atomic E-state index is 5.32. The first kappa shape index (κ1) is 9.30. The van der Waals surface area contributed by atoms with Crippen LogP contribution < -0.4 is 38.1 Å². The Labute approximate surface area is 74.0 Å². The quantitative estimate of drug-likeness (QED) is 0.235. The van der Waals surface area contributed by atoms with Crippen LogP contribution in [0.2, 0.25) is 0 Å². The molecule has 0 spiro atoms. The summed E-state index contributed by atoms with van der Waals surface area (Å²) in [6.07, 6.45) is 0. The van der Waals surface area contributed by atoms with Gasteiger partial charge in [0.25, 0.3) is 0 Å². The van der Waals surface area contributed by atoms with Gasteiger partial charge in [-0.15, -0.1) is 0 Å². The average molecular weight is 344 g/mol. The van der Waals surface area contributed by atoms with Gasteiger partial charge in [-0.25, -0.2) is 0 Å². The predicted molar refractivity (Wildman–Crippen MR) is 36.0 cm³/mol. The minimum atomic E-state index is -0.300. The van der Waals surface area contributed by atoms with Crippen LogP contribution >= 0.6 is 22.9 Å². The molecule has 0 amide bonds. The molecule has 0 heterocycles. The molecule has 0 bridgehead atoms. The van der Waals surface area contributed by atoms with Gasteiger partial charge in [-0.05, 0) is 0 Å². The summed E-state index contributed by atoms with van der Waals surface area (Å²) in [5.74, 6) is 0. The molecule has 0 saturated heterocycles. The molecular formula is C2H10I2N4. The third-order valence-corrected chi connectivity index (χ3v) is 2.25. The SMILES string of the molecule is CC[NH+](NI)N[I-]N. The minimum absolute atomic E-state index is 0.300. The molecule has 4 nitrogen and oxygen atoms in total. The van der Waals surface area contributed by atoms with E-state index in [0.717, 1.165) is 11.7 Å². The van der Waals surface area contributed by atoms with Gasteiger partial charge in [0.05, 0.1) is 0 Å². The Balaban J connectivity index is 3.07. The van der Waals surface area contributed by atoms with Gasteiger partial charge in [0.2, 0.25) is 0 Å². The van der Waals surface area contributed by atoms with Crippen molar-refractivity contribution in [3.63, 3.8) is 0 Å². The Morgan fingerprint density at radius 2 is 2.50 bits per heavy atom. The van der Waals surface area contributed by atoms with Crippen molar-refractivity contribution in [2.75, 3.05) is 6.54 Å². The zero-order valence-electron chi connectivity index (χ0n) is 4.54. The Morgan fingerprint density at radius 3 is 2.62 bits per heavy atom. The molecule has 0 aromatic heterocycles. The van der Waals surface area contributed by atoms with Gasteiger partial charge < -0.3 is 0 Å². The van der Waals surface area contributed by atoms with Gasteiger partial charge >= 0.3 is 74.4 Å². The predicted octanol–water partition coefficient (Wildman–Crippen LogP) is -4.87. The molecule has 0 aliphatic heterocycles. The van der Waals surface area contributed by atoms with Crippen molar-refractivity contribution in [1.82, 2.24) is 7.28 Å². The van der Waals surface area contributed by atoms with Crippen molar-refractivity contribution in [2.24, 2.45) is 3.95 Å². The van der Waals surface area contributed by atoms with Gasteiger partial charge in [-0.1, -0.05) is 0 Å². The van der Waals surface area contributed by atoms with E-state index in [4.69, 9.17) is 3.95 Å². The molecule has 8 heavy (non-hydrogen) atoms. The van der Waals surface area contributed by atoms with E-state index in [1.807, 2.05) is 0 Å². The van der Waals surface area contributed by atoms with Crippen LogP contribution in [0.4, 0.5) is 0 Å². The molecule has 5 N–H and O–H groups in total. The van der Waals surface area contributed by atoms with Crippen molar-refractivity contribution in [1.29, 1.82) is 0 Å². The first-order valence-corrected chi connectivity index (χ1v) is 5.56. The summed E-state index contributed by atoms with van der Waals surface area (Å²) in [5.41, 5.74) is 0. The summed E-state index contributed by atoms with van der Waals surface area (Å²) in [6, 6.07) is 0. The Morgan fingerprint density at radius 1 is 1.88 bits per heavy atom. The van der Waals surface area contributed by atoms with E-state index in [0.29, 0.717) is 0 Å². The van der Waals surface area contributed by atoms with Gasteiger partial charge in [0.1, 0.15) is 0 Å². The summed E-state index contributed by atoms with van der Waals surface area (Å²) >= 11 is 1.79. The van der Waals surface area contributed by atoms with Crippen LogP contribution in [-0.4, -0.2) is 6.54 Å². The first-order chi connectivity index (χ1) is 3.85. The maximum absolute atomic E-state index is 5.32. The molecule has 0 radical (unpaired) electrons. The first-order valence-electron chi connectivity index (χ1n) is 2.16. The Kier molecular flexibility index (Phi) is 7.46. The van der Waals surface area contributed by atoms with Crippen molar-refractivity contribution < 1.29 is 26.9 Å². The summed E-state index contributed by atoms with van der Waals surface area (Å²) < 4.78 is 11.4. The van der Waals surface area contributed by atoms with Crippen molar-refractivity contribution in [3.8, 4) is 0 Å². The van der Waals surface area contributed by atoms with Gasteiger partial charge in [0, 0.05) is 0 Å². The molecular weight excluding hydrogens is 334 g/mol. The van der Waals surface area contributed by atoms with Crippen LogP contribution in [0.1, 0.15) is 6.92 Å². The van der Waals surface area contributed by atoms with Crippen molar-refractivity contribution in [2.45, 2.75) is 6.92 Å². The zero-order chi connectivity index (χ0) is 6.41. The van der Waals surface area contributed by atoms with E-state index in [1.165, 1.54) is 0 Å². The number of halogens is 2. The van der Waals surface area contributed by atoms with Crippen molar-refractivity contribution in [3.05, 3.63) is 0 Å². The van der Waals surface area contributed by atoms with Crippen LogP contribution in [0.25, 0.3) is 0 Å². The number of hydrogen-bond acceptors (Lipinski definition) is 3. The molecule has 0 fully saturated rings. The molecule has 52 valence electrons. The van der Waals surface area contributed by atoms with Gasteiger partial charge in [-0.2, -0.15) is 0 Å². The van der Waals surface area contributed by atoms with E-state index < -0.39 is 0 Å². The molecule has 1 unspecified atom stereocenters. The molecule has 0 aliphatic rings. The van der Waals surface area contributed by atoms with E-state index in [2.05, 4.69) is 37.1 Å². The Bertz CT molecular complexity index is 47.3. The van der Waals surface area contributed by atoms with E-state index >= 15 is 0 Å². The normalized spacial score (nSPS) is 14.4. The fraction of sp³-hybridized carbons (Fsp3) is 1.00. The number of rotatable bonds is 4. The number of nitrogens with one attached hydrogen (secondary N) is 3. The molecule has 1 atom stereocenters. The van der Waals surface area contributed by atoms with E-state index in [1.54, 1.807) is 0 Å². The van der Waals surface area contributed by atoms with Crippen LogP contribution in [0.5, 0.6) is 0 Å².